The standard InChI is InChI=1S/C25H22N8O2.C9H6N2O2/c1-4-33-20-10-17-16(9-13(20)25(2,3)24(33)35)29-22(30-17)21-18(12-27-32-21)31-23(34)19-11-26-14-7-5-6-8-15(14)28-19;12-9(13)8-5-10-6-3-1-2-4-7(6)11-8/h5-12H,4H2,1-3H3,(H,27,32)(H,29,30)(H,31,34);1-5H,(H,12,13). The number of aromatic carboxylic acids is 1. The number of fused-ring (bicyclic) bond motifs is 4. The lowest BCUT2D eigenvalue weighted by Gasteiger charge is -2.18. The number of imidazole rings is 1. The minimum atomic E-state index is -1.06. The summed E-state index contributed by atoms with van der Waals surface area (Å²) in [5, 5.41) is 18.5. The predicted octanol–water partition coefficient (Wildman–Crippen LogP) is 5.12. The zero-order valence-electron chi connectivity index (χ0n) is 26.0. The highest BCUT2D eigenvalue weighted by Gasteiger charge is 2.43. The van der Waals surface area contributed by atoms with Gasteiger partial charge in [-0.1, -0.05) is 24.3 Å². The van der Waals surface area contributed by atoms with Crippen LogP contribution in [0.25, 0.3) is 44.6 Å². The molecule has 0 bridgehead atoms. The van der Waals surface area contributed by atoms with Gasteiger partial charge in [-0.25, -0.2) is 19.7 Å². The smallest absolute Gasteiger partial charge is 0.356 e. The molecule has 8 rings (SSSR count). The lowest BCUT2D eigenvalue weighted by molar-refractivity contribution is -0.122. The summed E-state index contributed by atoms with van der Waals surface area (Å²) >= 11 is 0. The minimum absolute atomic E-state index is 0.0290. The normalized spacial score (nSPS) is 13.4. The lowest BCUT2D eigenvalue weighted by atomic mass is 9.86. The number of benzene rings is 3. The van der Waals surface area contributed by atoms with E-state index in [-0.39, 0.29) is 17.3 Å². The largest absolute Gasteiger partial charge is 0.476 e. The number of para-hydroxylation sites is 4. The van der Waals surface area contributed by atoms with Crippen LogP contribution in [-0.2, 0) is 10.2 Å². The highest BCUT2D eigenvalue weighted by Crippen LogP contribution is 2.43. The Balaban J connectivity index is 0.000000235. The van der Waals surface area contributed by atoms with E-state index in [0.717, 1.165) is 22.3 Å². The van der Waals surface area contributed by atoms with E-state index in [4.69, 9.17) is 10.1 Å². The van der Waals surface area contributed by atoms with Crippen LogP contribution in [0, 0.1) is 0 Å². The predicted molar refractivity (Wildman–Crippen MR) is 179 cm³/mol. The maximum absolute atomic E-state index is 12.9. The van der Waals surface area contributed by atoms with E-state index in [1.165, 1.54) is 18.6 Å². The first-order valence-electron chi connectivity index (χ1n) is 15.0. The van der Waals surface area contributed by atoms with Gasteiger partial charge in [-0.2, -0.15) is 5.10 Å². The number of carbonyl (C=O) groups excluding carboxylic acids is 2. The van der Waals surface area contributed by atoms with Crippen molar-refractivity contribution in [1.29, 1.82) is 0 Å². The van der Waals surface area contributed by atoms with Gasteiger partial charge in [0.25, 0.3) is 5.91 Å². The third-order valence-corrected chi connectivity index (χ3v) is 8.13. The molecule has 0 spiro atoms. The van der Waals surface area contributed by atoms with Crippen molar-refractivity contribution in [3.63, 3.8) is 0 Å². The van der Waals surface area contributed by atoms with Gasteiger partial charge >= 0.3 is 5.97 Å². The lowest BCUT2D eigenvalue weighted by Crippen LogP contribution is -2.35. The Morgan fingerprint density at radius 3 is 2.12 bits per heavy atom. The summed E-state index contributed by atoms with van der Waals surface area (Å²) in [6.45, 7) is 6.42. The molecule has 0 aliphatic carbocycles. The van der Waals surface area contributed by atoms with Crippen LogP contribution in [0.1, 0.15) is 47.3 Å². The van der Waals surface area contributed by atoms with Crippen LogP contribution in [0.3, 0.4) is 0 Å². The molecule has 14 nitrogen and oxygen atoms in total. The summed E-state index contributed by atoms with van der Waals surface area (Å²) in [6, 6.07) is 18.4. The monoisotopic (exact) mass is 640 g/mol. The second kappa shape index (κ2) is 11.7. The Morgan fingerprint density at radius 2 is 1.48 bits per heavy atom. The molecule has 3 aromatic carbocycles. The molecule has 0 saturated heterocycles. The van der Waals surface area contributed by atoms with E-state index in [1.54, 1.807) is 23.1 Å². The van der Waals surface area contributed by atoms with E-state index in [9.17, 15) is 14.4 Å². The molecule has 5 heterocycles. The van der Waals surface area contributed by atoms with Gasteiger partial charge in [0.2, 0.25) is 5.91 Å². The van der Waals surface area contributed by atoms with Crippen LogP contribution in [0.15, 0.2) is 79.3 Å². The molecule has 14 heteroatoms. The van der Waals surface area contributed by atoms with Crippen LogP contribution < -0.4 is 10.2 Å². The van der Waals surface area contributed by atoms with Crippen LogP contribution in [0.4, 0.5) is 11.4 Å². The van der Waals surface area contributed by atoms with Crippen molar-refractivity contribution >= 4 is 62.3 Å². The number of aromatic amines is 2. The summed E-state index contributed by atoms with van der Waals surface area (Å²) in [5.41, 5.74) is 6.55. The van der Waals surface area contributed by atoms with Gasteiger partial charge in [0, 0.05) is 6.54 Å². The van der Waals surface area contributed by atoms with Crippen LogP contribution in [0.5, 0.6) is 0 Å². The van der Waals surface area contributed by atoms with Gasteiger partial charge < -0.3 is 20.3 Å². The Kier molecular flexibility index (Phi) is 7.31. The van der Waals surface area contributed by atoms with E-state index < -0.39 is 17.3 Å². The molecule has 1 aliphatic rings. The van der Waals surface area contributed by atoms with Crippen molar-refractivity contribution in [2.75, 3.05) is 16.8 Å². The maximum atomic E-state index is 12.9. The molecular formula is C34H28N10O4. The zero-order valence-corrected chi connectivity index (χ0v) is 26.0. The molecule has 4 N–H and O–H groups in total. The van der Waals surface area contributed by atoms with Gasteiger partial charge in [-0.3, -0.25) is 24.7 Å². The molecule has 1 aliphatic heterocycles. The Morgan fingerprint density at radius 1 is 0.854 bits per heavy atom. The van der Waals surface area contributed by atoms with E-state index >= 15 is 0 Å². The van der Waals surface area contributed by atoms with Crippen molar-refractivity contribution < 1.29 is 19.5 Å². The van der Waals surface area contributed by atoms with Gasteiger partial charge in [0.1, 0.15) is 11.4 Å². The number of hydrogen-bond donors (Lipinski definition) is 4. The van der Waals surface area contributed by atoms with Gasteiger partial charge in [0.15, 0.2) is 11.5 Å². The zero-order chi connectivity index (χ0) is 33.6. The summed E-state index contributed by atoms with van der Waals surface area (Å²) < 4.78 is 0. The number of nitrogens with one attached hydrogen (secondary N) is 3. The molecule has 2 amide bonds. The fourth-order valence-electron chi connectivity index (χ4n) is 5.64. The summed E-state index contributed by atoms with van der Waals surface area (Å²) in [5.74, 6) is -0.857. The topological polar surface area (TPSA) is 196 Å². The first kappa shape index (κ1) is 30.1. The van der Waals surface area contributed by atoms with Crippen molar-refractivity contribution in [2.45, 2.75) is 26.2 Å². The number of amides is 2. The van der Waals surface area contributed by atoms with Crippen molar-refractivity contribution in [3.8, 4) is 11.5 Å². The number of aromatic nitrogens is 8. The number of likely N-dealkylation sites (N-methyl/N-ethyl adjacent to an activating group) is 1. The molecule has 0 atom stereocenters. The molecule has 238 valence electrons. The first-order chi connectivity index (χ1) is 23.1. The van der Waals surface area contributed by atoms with Crippen LogP contribution in [0.2, 0.25) is 0 Å². The van der Waals surface area contributed by atoms with E-state index in [0.29, 0.717) is 45.8 Å². The van der Waals surface area contributed by atoms with E-state index in [2.05, 4.69) is 40.4 Å². The van der Waals surface area contributed by atoms with Crippen LogP contribution in [-0.4, -0.2) is 69.5 Å². The number of carbonyl (C=O) groups is 3. The molecule has 0 unspecified atom stereocenters. The third-order valence-electron chi connectivity index (χ3n) is 8.13. The fourth-order valence-corrected chi connectivity index (χ4v) is 5.64. The summed E-state index contributed by atoms with van der Waals surface area (Å²) in [4.78, 5) is 62.7. The molecule has 0 saturated carbocycles. The first-order valence-corrected chi connectivity index (χ1v) is 15.0. The second-order valence-electron chi connectivity index (χ2n) is 11.6. The fraction of sp³-hybridized carbons (Fsp3) is 0.147. The SMILES string of the molecule is CCN1C(=O)C(C)(C)c2cc3[nH]c(-c4[nH]ncc4NC(=O)c4cnc5ccccc5n4)nc3cc21.O=C(O)c1cnc2ccccc2n1. The highest BCUT2D eigenvalue weighted by molar-refractivity contribution is 6.10. The Hall–Kier alpha value is -6.57. The molecule has 0 fully saturated rings. The second-order valence-corrected chi connectivity index (χ2v) is 11.6. The summed E-state index contributed by atoms with van der Waals surface area (Å²) in [7, 11) is 0. The van der Waals surface area contributed by atoms with Gasteiger partial charge in [-0.15, -0.1) is 0 Å². The Bertz CT molecular complexity index is 2400. The third kappa shape index (κ3) is 5.24. The Labute approximate surface area is 272 Å². The highest BCUT2D eigenvalue weighted by atomic mass is 16.4. The number of hydrogen-bond acceptors (Lipinski definition) is 9. The maximum Gasteiger partial charge on any atom is 0.356 e. The van der Waals surface area contributed by atoms with Crippen molar-refractivity contribution in [1.82, 2.24) is 40.1 Å². The molecule has 7 aromatic rings. The molecule has 4 aromatic heterocycles. The number of carboxylic acids is 1. The van der Waals surface area contributed by atoms with Gasteiger partial charge in [0.05, 0.1) is 68.5 Å². The van der Waals surface area contributed by atoms with Crippen LogP contribution >= 0.6 is 0 Å². The quantitative estimate of drug-likeness (QED) is 0.196. The van der Waals surface area contributed by atoms with E-state index in [1.807, 2.05) is 63.2 Å². The number of anilines is 2. The average molecular weight is 641 g/mol. The molecule has 48 heavy (non-hydrogen) atoms. The number of nitrogens with zero attached hydrogens (tertiary/aromatic N) is 7. The number of rotatable bonds is 5. The average Bonchev–Trinajstić information content (AvgIpc) is 3.78. The number of H-pyrrole nitrogens is 2. The van der Waals surface area contributed by atoms with Crippen molar-refractivity contribution in [2.24, 2.45) is 0 Å². The van der Waals surface area contributed by atoms with Gasteiger partial charge in [-0.05, 0) is 62.7 Å². The number of carboxylic acid groups (broad SMARTS) is 1. The molecular weight excluding hydrogens is 612 g/mol. The molecule has 0 radical (unpaired) electrons. The summed E-state index contributed by atoms with van der Waals surface area (Å²) in [6.07, 6.45) is 4.23. The van der Waals surface area contributed by atoms with Crippen molar-refractivity contribution in [3.05, 3.63) is 96.2 Å². The minimum Gasteiger partial charge on any atom is -0.476 e.